The number of rotatable bonds is 6. The number of hydrogen-bond donors (Lipinski definition) is 1. The van der Waals surface area contributed by atoms with Crippen LogP contribution in [-0.2, 0) is 10.5 Å². The minimum atomic E-state index is -0.305. The highest BCUT2D eigenvalue weighted by Crippen LogP contribution is 2.34. The van der Waals surface area contributed by atoms with Crippen molar-refractivity contribution in [1.29, 1.82) is 0 Å². The van der Waals surface area contributed by atoms with Crippen LogP contribution in [0.25, 0.3) is 10.2 Å². The molecule has 1 aliphatic rings. The van der Waals surface area contributed by atoms with Crippen LogP contribution in [0.2, 0.25) is 0 Å². The number of carbonyl (C=O) groups is 2. The fraction of sp³-hybridized carbons (Fsp3) is 0.276. The summed E-state index contributed by atoms with van der Waals surface area (Å²) < 4.78 is 7.36. The summed E-state index contributed by atoms with van der Waals surface area (Å²) in [5.74, 6) is 0.420. The normalized spacial score (nSPS) is 13.6. The molecule has 1 saturated heterocycles. The van der Waals surface area contributed by atoms with Gasteiger partial charge in [0.15, 0.2) is 4.34 Å². The first kappa shape index (κ1) is 25.4. The molecule has 0 bridgehead atoms. The van der Waals surface area contributed by atoms with E-state index in [2.05, 4.69) is 38.2 Å². The van der Waals surface area contributed by atoms with E-state index < -0.39 is 0 Å². The molecule has 3 aromatic carbocycles. The average Bonchev–Trinajstić information content (AvgIpc) is 3.30. The number of benzene rings is 3. The zero-order chi connectivity index (χ0) is 25.9. The minimum absolute atomic E-state index is 0.146. The third-order valence-electron chi connectivity index (χ3n) is 6.51. The van der Waals surface area contributed by atoms with Crippen LogP contribution in [0.4, 0.5) is 5.69 Å². The van der Waals surface area contributed by atoms with E-state index in [0.717, 1.165) is 20.3 Å². The van der Waals surface area contributed by atoms with Crippen molar-refractivity contribution in [1.82, 2.24) is 9.88 Å². The van der Waals surface area contributed by atoms with Crippen LogP contribution < -0.4 is 5.32 Å². The van der Waals surface area contributed by atoms with Gasteiger partial charge in [-0.25, -0.2) is 4.98 Å². The van der Waals surface area contributed by atoms with Gasteiger partial charge in [-0.2, -0.15) is 0 Å². The molecule has 37 heavy (non-hydrogen) atoms. The van der Waals surface area contributed by atoms with Crippen LogP contribution >= 0.6 is 23.1 Å². The van der Waals surface area contributed by atoms with Crippen molar-refractivity contribution < 1.29 is 14.3 Å². The maximum atomic E-state index is 13.2. The zero-order valence-electron chi connectivity index (χ0n) is 21.2. The molecule has 0 aliphatic carbocycles. The molecule has 190 valence electrons. The second-order valence-corrected chi connectivity index (χ2v) is 11.5. The second-order valence-electron chi connectivity index (χ2n) is 9.23. The third-order valence-corrected chi connectivity index (χ3v) is 8.70. The number of aromatic nitrogens is 1. The summed E-state index contributed by atoms with van der Waals surface area (Å²) in [5, 5.41) is 2.97. The van der Waals surface area contributed by atoms with E-state index >= 15 is 0 Å². The van der Waals surface area contributed by atoms with E-state index in [9.17, 15) is 9.59 Å². The number of nitrogens with one attached hydrogen (secondary N) is 1. The number of thioether (sulfide) groups is 1. The summed E-state index contributed by atoms with van der Waals surface area (Å²) in [5.41, 5.74) is 7.61. The first-order chi connectivity index (χ1) is 17.9. The number of amides is 2. The lowest BCUT2D eigenvalue weighted by Crippen LogP contribution is -2.41. The molecule has 2 amide bonds. The molecule has 5 rings (SSSR count). The Bertz CT molecular complexity index is 1450. The number of hydrogen-bond acceptors (Lipinski definition) is 6. The van der Waals surface area contributed by atoms with Gasteiger partial charge in [-0.3, -0.25) is 9.59 Å². The lowest BCUT2D eigenvalue weighted by atomic mass is 10.0. The zero-order valence-corrected chi connectivity index (χ0v) is 22.8. The number of anilines is 1. The third kappa shape index (κ3) is 5.71. The van der Waals surface area contributed by atoms with Crippen molar-refractivity contribution in [2.24, 2.45) is 0 Å². The summed E-state index contributed by atoms with van der Waals surface area (Å²) in [7, 11) is 0. The fourth-order valence-corrected chi connectivity index (χ4v) is 6.92. The molecule has 0 saturated carbocycles. The van der Waals surface area contributed by atoms with Crippen LogP contribution in [0.3, 0.4) is 0 Å². The Morgan fingerprint density at radius 3 is 2.43 bits per heavy atom. The molecule has 1 fully saturated rings. The van der Waals surface area contributed by atoms with Gasteiger partial charge in [-0.15, -0.1) is 11.3 Å². The molecule has 0 radical (unpaired) electrons. The standard InChI is InChI=1S/C29H29N3O3S2/c1-18-14-19(2)24(20(3)15-18)17-36-29-31-25-9-8-21(16-26(25)37-29)30-27(33)22-6-4-5-7-23(22)28(34)32-10-12-35-13-11-32/h4-9,14-16H,10-13,17H2,1-3H3,(H,30,33). The number of ether oxygens (including phenoxy) is 1. The molecule has 6 nitrogen and oxygen atoms in total. The van der Waals surface area contributed by atoms with Crippen LogP contribution in [-0.4, -0.2) is 48.0 Å². The summed E-state index contributed by atoms with van der Waals surface area (Å²) >= 11 is 3.36. The van der Waals surface area contributed by atoms with Gasteiger partial charge >= 0.3 is 0 Å². The van der Waals surface area contributed by atoms with Gasteiger partial charge < -0.3 is 15.0 Å². The second kappa shape index (κ2) is 11.0. The Morgan fingerprint density at radius 1 is 1.00 bits per heavy atom. The number of fused-ring (bicyclic) bond motifs is 1. The first-order valence-electron chi connectivity index (χ1n) is 12.3. The summed E-state index contributed by atoms with van der Waals surface area (Å²) in [6.07, 6.45) is 0. The quantitative estimate of drug-likeness (QED) is 0.298. The topological polar surface area (TPSA) is 71.5 Å². The van der Waals surface area contributed by atoms with Gasteiger partial charge in [0, 0.05) is 24.5 Å². The predicted octanol–water partition coefficient (Wildman–Crippen LogP) is 6.24. The van der Waals surface area contributed by atoms with Crippen LogP contribution in [0.1, 0.15) is 43.0 Å². The predicted molar refractivity (Wildman–Crippen MR) is 151 cm³/mol. The maximum Gasteiger partial charge on any atom is 0.256 e. The molecule has 2 heterocycles. The Morgan fingerprint density at radius 2 is 1.70 bits per heavy atom. The van der Waals surface area contributed by atoms with E-state index in [0.29, 0.717) is 43.1 Å². The molecular weight excluding hydrogens is 502 g/mol. The van der Waals surface area contributed by atoms with E-state index in [-0.39, 0.29) is 11.8 Å². The number of morpholine rings is 1. The molecule has 0 unspecified atom stereocenters. The van der Waals surface area contributed by atoms with Gasteiger partial charge in [-0.05, 0) is 67.8 Å². The smallest absolute Gasteiger partial charge is 0.256 e. The van der Waals surface area contributed by atoms with Crippen molar-refractivity contribution in [2.45, 2.75) is 30.9 Å². The molecule has 4 aromatic rings. The van der Waals surface area contributed by atoms with Crippen molar-refractivity contribution >= 4 is 50.8 Å². The molecule has 0 atom stereocenters. The van der Waals surface area contributed by atoms with E-state index in [1.807, 2.05) is 18.2 Å². The summed E-state index contributed by atoms with van der Waals surface area (Å²) in [4.78, 5) is 32.8. The van der Waals surface area contributed by atoms with Crippen molar-refractivity contribution in [3.05, 3.63) is 88.0 Å². The average molecular weight is 532 g/mol. The van der Waals surface area contributed by atoms with Crippen LogP contribution in [0, 0.1) is 20.8 Å². The SMILES string of the molecule is Cc1cc(C)c(CSc2nc3ccc(NC(=O)c4ccccc4C(=O)N4CCOCC4)cc3s2)c(C)c1. The molecular formula is C29H29N3O3S2. The monoisotopic (exact) mass is 531 g/mol. The van der Waals surface area contributed by atoms with Crippen LogP contribution in [0.5, 0.6) is 0 Å². The van der Waals surface area contributed by atoms with E-state index in [4.69, 9.17) is 9.72 Å². The molecule has 0 spiro atoms. The number of nitrogens with zero attached hydrogens (tertiary/aromatic N) is 2. The van der Waals surface area contributed by atoms with Gasteiger partial charge in [0.1, 0.15) is 0 Å². The van der Waals surface area contributed by atoms with E-state index in [1.165, 1.54) is 22.3 Å². The fourth-order valence-electron chi connectivity index (χ4n) is 4.62. The number of thiazole rings is 1. The van der Waals surface area contributed by atoms with Gasteiger partial charge in [0.05, 0.1) is 34.6 Å². The Labute approximate surface area is 225 Å². The first-order valence-corrected chi connectivity index (χ1v) is 14.1. The Balaban J connectivity index is 1.30. The molecule has 1 aliphatic heterocycles. The minimum Gasteiger partial charge on any atom is -0.378 e. The number of carbonyl (C=O) groups excluding carboxylic acids is 2. The largest absolute Gasteiger partial charge is 0.378 e. The van der Waals surface area contributed by atoms with Gasteiger partial charge in [0.2, 0.25) is 0 Å². The summed E-state index contributed by atoms with van der Waals surface area (Å²) in [6.45, 7) is 8.53. The van der Waals surface area contributed by atoms with Crippen molar-refractivity contribution in [2.75, 3.05) is 31.6 Å². The summed E-state index contributed by atoms with van der Waals surface area (Å²) in [6, 6.07) is 17.1. The van der Waals surface area contributed by atoms with Gasteiger partial charge in [-0.1, -0.05) is 41.6 Å². The molecule has 1 aromatic heterocycles. The molecule has 1 N–H and O–H groups in total. The van der Waals surface area contributed by atoms with E-state index in [1.54, 1.807) is 52.3 Å². The molecule has 8 heteroatoms. The van der Waals surface area contributed by atoms with Crippen LogP contribution in [0.15, 0.2) is 58.9 Å². The Kier molecular flexibility index (Phi) is 7.60. The highest BCUT2D eigenvalue weighted by atomic mass is 32.2. The van der Waals surface area contributed by atoms with Crippen molar-refractivity contribution in [3.8, 4) is 0 Å². The number of aryl methyl sites for hydroxylation is 3. The van der Waals surface area contributed by atoms with Gasteiger partial charge in [0.25, 0.3) is 11.8 Å². The highest BCUT2D eigenvalue weighted by molar-refractivity contribution is 8.00. The lowest BCUT2D eigenvalue weighted by Gasteiger charge is -2.27. The van der Waals surface area contributed by atoms with Crippen molar-refractivity contribution in [3.63, 3.8) is 0 Å². The Hall–Kier alpha value is -3.20. The highest BCUT2D eigenvalue weighted by Gasteiger charge is 2.23. The lowest BCUT2D eigenvalue weighted by molar-refractivity contribution is 0.0302. The maximum absolute atomic E-state index is 13.2.